The van der Waals surface area contributed by atoms with Crippen LogP contribution in [0.3, 0.4) is 0 Å². The molecule has 0 spiro atoms. The van der Waals surface area contributed by atoms with Gasteiger partial charge in [0.15, 0.2) is 11.5 Å². The number of aromatic hydroxyl groups is 1. The molecular weight excluding hydrogens is 212 g/mol. The number of methoxy groups -OCH3 is 3. The van der Waals surface area contributed by atoms with Gasteiger partial charge in [-0.2, -0.15) is 0 Å². The van der Waals surface area contributed by atoms with Gasteiger partial charge in [-0.1, -0.05) is 0 Å². The standard InChI is InChI=1S/C11H14O5/c1-14-6-8-4-7(11(13)16-3)5-9(15-2)10(8)12/h4-5,12H,6H2,1-3H3. The van der Waals surface area contributed by atoms with Crippen molar-refractivity contribution < 1.29 is 24.1 Å². The Morgan fingerprint density at radius 3 is 2.50 bits per heavy atom. The van der Waals surface area contributed by atoms with Crippen LogP contribution in [-0.2, 0) is 16.1 Å². The Balaban J connectivity index is 3.22. The van der Waals surface area contributed by atoms with Crippen molar-refractivity contribution in [3.63, 3.8) is 0 Å². The summed E-state index contributed by atoms with van der Waals surface area (Å²) in [6.07, 6.45) is 0. The first-order valence-electron chi connectivity index (χ1n) is 4.61. The van der Waals surface area contributed by atoms with Crippen LogP contribution in [0.15, 0.2) is 12.1 Å². The highest BCUT2D eigenvalue weighted by Gasteiger charge is 2.14. The predicted molar refractivity (Wildman–Crippen MR) is 56.7 cm³/mol. The highest BCUT2D eigenvalue weighted by atomic mass is 16.5. The van der Waals surface area contributed by atoms with Crippen LogP contribution in [0.2, 0.25) is 0 Å². The second-order valence-electron chi connectivity index (χ2n) is 3.11. The summed E-state index contributed by atoms with van der Waals surface area (Å²) in [5.74, 6) is -0.303. The molecule has 5 nitrogen and oxygen atoms in total. The zero-order chi connectivity index (χ0) is 12.1. The molecule has 88 valence electrons. The number of carbonyl (C=O) groups excluding carboxylic acids is 1. The van der Waals surface area contributed by atoms with Crippen molar-refractivity contribution in [2.75, 3.05) is 21.3 Å². The second-order valence-corrected chi connectivity index (χ2v) is 3.11. The van der Waals surface area contributed by atoms with Crippen LogP contribution in [-0.4, -0.2) is 32.4 Å². The molecule has 1 rings (SSSR count). The summed E-state index contributed by atoms with van der Waals surface area (Å²) in [5, 5.41) is 9.74. The highest BCUT2D eigenvalue weighted by Crippen LogP contribution is 2.32. The van der Waals surface area contributed by atoms with Gasteiger partial charge >= 0.3 is 5.97 Å². The smallest absolute Gasteiger partial charge is 0.337 e. The third kappa shape index (κ3) is 2.43. The van der Waals surface area contributed by atoms with Gasteiger partial charge in [-0.15, -0.1) is 0 Å². The summed E-state index contributed by atoms with van der Waals surface area (Å²) in [5.41, 5.74) is 0.784. The van der Waals surface area contributed by atoms with Crippen LogP contribution in [0, 0.1) is 0 Å². The minimum Gasteiger partial charge on any atom is -0.504 e. The summed E-state index contributed by atoms with van der Waals surface area (Å²) >= 11 is 0. The number of rotatable bonds is 4. The van der Waals surface area contributed by atoms with E-state index in [1.165, 1.54) is 33.5 Å². The third-order valence-corrected chi connectivity index (χ3v) is 2.09. The van der Waals surface area contributed by atoms with Crippen LogP contribution in [0.5, 0.6) is 11.5 Å². The summed E-state index contributed by atoms with van der Waals surface area (Å²) in [6, 6.07) is 2.92. The number of phenolic OH excluding ortho intramolecular Hbond substituents is 1. The molecule has 0 saturated heterocycles. The molecule has 0 saturated carbocycles. The summed E-state index contributed by atoms with van der Waals surface area (Å²) in [6.45, 7) is 0.188. The molecule has 0 fully saturated rings. The minimum absolute atomic E-state index is 0.0306. The van der Waals surface area contributed by atoms with E-state index in [9.17, 15) is 9.90 Å². The summed E-state index contributed by atoms with van der Waals surface area (Å²) in [7, 11) is 4.20. The lowest BCUT2D eigenvalue weighted by molar-refractivity contribution is 0.0600. The van der Waals surface area contributed by atoms with Gasteiger partial charge in [-0.25, -0.2) is 4.79 Å². The predicted octanol–water partition coefficient (Wildman–Crippen LogP) is 1.33. The lowest BCUT2D eigenvalue weighted by Gasteiger charge is -2.10. The van der Waals surface area contributed by atoms with Crippen LogP contribution >= 0.6 is 0 Å². The van der Waals surface area contributed by atoms with Crippen molar-refractivity contribution in [2.24, 2.45) is 0 Å². The van der Waals surface area contributed by atoms with E-state index < -0.39 is 5.97 Å². The first-order chi connectivity index (χ1) is 7.63. The largest absolute Gasteiger partial charge is 0.504 e. The van der Waals surface area contributed by atoms with E-state index in [1.54, 1.807) is 0 Å². The van der Waals surface area contributed by atoms with E-state index in [1.807, 2.05) is 0 Å². The molecule has 0 atom stereocenters. The molecule has 0 amide bonds. The van der Waals surface area contributed by atoms with Gasteiger partial charge in [0.05, 0.1) is 26.4 Å². The topological polar surface area (TPSA) is 65.0 Å². The maximum atomic E-state index is 11.3. The number of phenols is 1. The molecule has 0 aliphatic carbocycles. The Kier molecular flexibility index (Phi) is 4.13. The summed E-state index contributed by atoms with van der Waals surface area (Å²) < 4.78 is 14.5. The van der Waals surface area contributed by atoms with E-state index in [4.69, 9.17) is 9.47 Å². The molecule has 0 heterocycles. The quantitative estimate of drug-likeness (QED) is 0.785. The highest BCUT2D eigenvalue weighted by molar-refractivity contribution is 5.90. The molecule has 0 aromatic heterocycles. The maximum Gasteiger partial charge on any atom is 0.337 e. The monoisotopic (exact) mass is 226 g/mol. The average molecular weight is 226 g/mol. The molecule has 0 aliphatic rings. The van der Waals surface area contributed by atoms with E-state index in [0.29, 0.717) is 11.1 Å². The average Bonchev–Trinajstić information content (AvgIpc) is 2.31. The molecule has 16 heavy (non-hydrogen) atoms. The number of hydrogen-bond acceptors (Lipinski definition) is 5. The molecule has 1 N–H and O–H groups in total. The van der Waals surface area contributed by atoms with Crippen molar-refractivity contribution in [1.82, 2.24) is 0 Å². The maximum absolute atomic E-state index is 11.3. The van der Waals surface area contributed by atoms with E-state index in [2.05, 4.69) is 4.74 Å². The Labute approximate surface area is 93.6 Å². The molecular formula is C11H14O5. The van der Waals surface area contributed by atoms with Gasteiger partial charge in [0.25, 0.3) is 0 Å². The fourth-order valence-corrected chi connectivity index (χ4v) is 1.32. The van der Waals surface area contributed by atoms with Crippen LogP contribution in [0.25, 0.3) is 0 Å². The van der Waals surface area contributed by atoms with Crippen molar-refractivity contribution in [1.29, 1.82) is 0 Å². The minimum atomic E-state index is -0.490. The zero-order valence-corrected chi connectivity index (χ0v) is 9.44. The number of ether oxygens (including phenoxy) is 3. The van der Waals surface area contributed by atoms with Crippen LogP contribution in [0.4, 0.5) is 0 Å². The third-order valence-electron chi connectivity index (χ3n) is 2.09. The normalized spacial score (nSPS) is 9.94. The fraction of sp³-hybridized carbons (Fsp3) is 0.364. The molecule has 0 bridgehead atoms. The first kappa shape index (κ1) is 12.3. The molecule has 1 aromatic rings. The molecule has 0 unspecified atom stereocenters. The van der Waals surface area contributed by atoms with Gasteiger partial charge in [0.2, 0.25) is 0 Å². The Morgan fingerprint density at radius 1 is 1.31 bits per heavy atom. The van der Waals surface area contributed by atoms with Crippen molar-refractivity contribution >= 4 is 5.97 Å². The van der Waals surface area contributed by atoms with Crippen LogP contribution < -0.4 is 4.74 Å². The molecule has 0 radical (unpaired) electrons. The van der Waals surface area contributed by atoms with Gasteiger partial charge in [0.1, 0.15) is 0 Å². The fourth-order valence-electron chi connectivity index (χ4n) is 1.32. The number of hydrogen-bond donors (Lipinski definition) is 1. The Bertz CT molecular complexity index is 386. The Hall–Kier alpha value is -1.75. The van der Waals surface area contributed by atoms with Crippen molar-refractivity contribution in [3.05, 3.63) is 23.3 Å². The number of benzene rings is 1. The molecule has 0 aliphatic heterocycles. The second kappa shape index (κ2) is 5.37. The van der Waals surface area contributed by atoms with Gasteiger partial charge in [-0.3, -0.25) is 0 Å². The van der Waals surface area contributed by atoms with Gasteiger partial charge < -0.3 is 19.3 Å². The van der Waals surface area contributed by atoms with Crippen molar-refractivity contribution in [2.45, 2.75) is 6.61 Å². The van der Waals surface area contributed by atoms with Crippen molar-refractivity contribution in [3.8, 4) is 11.5 Å². The number of esters is 1. The first-order valence-corrected chi connectivity index (χ1v) is 4.61. The van der Waals surface area contributed by atoms with Gasteiger partial charge in [-0.05, 0) is 12.1 Å². The number of carbonyl (C=O) groups is 1. The van der Waals surface area contributed by atoms with Gasteiger partial charge in [0, 0.05) is 12.7 Å². The zero-order valence-electron chi connectivity index (χ0n) is 9.44. The Morgan fingerprint density at radius 2 is 2.00 bits per heavy atom. The van der Waals surface area contributed by atoms with E-state index in [-0.39, 0.29) is 18.1 Å². The van der Waals surface area contributed by atoms with Crippen LogP contribution in [0.1, 0.15) is 15.9 Å². The molecule has 5 heteroatoms. The SMILES string of the molecule is COCc1cc(C(=O)OC)cc(OC)c1O. The van der Waals surface area contributed by atoms with E-state index >= 15 is 0 Å². The lowest BCUT2D eigenvalue weighted by Crippen LogP contribution is -2.03. The van der Waals surface area contributed by atoms with E-state index in [0.717, 1.165) is 0 Å². The molecule has 1 aromatic carbocycles. The lowest BCUT2D eigenvalue weighted by atomic mass is 10.1. The summed E-state index contributed by atoms with van der Waals surface area (Å²) in [4.78, 5) is 11.3.